The van der Waals surface area contributed by atoms with Crippen LogP contribution in [0.4, 0.5) is 5.82 Å². The lowest BCUT2D eigenvalue weighted by Crippen LogP contribution is -2.02. The molecule has 19 heavy (non-hydrogen) atoms. The van der Waals surface area contributed by atoms with Crippen LogP contribution >= 0.6 is 15.9 Å². The third kappa shape index (κ3) is 2.37. The van der Waals surface area contributed by atoms with E-state index in [-0.39, 0.29) is 5.75 Å². The Balaban J connectivity index is 1.84. The van der Waals surface area contributed by atoms with Gasteiger partial charge in [-0.15, -0.1) is 0 Å². The van der Waals surface area contributed by atoms with E-state index >= 15 is 0 Å². The van der Waals surface area contributed by atoms with Crippen LogP contribution < -0.4 is 5.32 Å². The Bertz CT molecular complexity index is 727. The molecule has 0 saturated carbocycles. The maximum Gasteiger partial charge on any atom is 0.162 e. The van der Waals surface area contributed by atoms with Crippen molar-refractivity contribution < 1.29 is 5.11 Å². The number of anilines is 1. The van der Waals surface area contributed by atoms with Gasteiger partial charge in [-0.2, -0.15) is 0 Å². The number of hydrogen-bond acceptors (Lipinski definition) is 5. The zero-order valence-corrected chi connectivity index (χ0v) is 11.3. The summed E-state index contributed by atoms with van der Waals surface area (Å²) in [5, 5.41) is 13.0. The Kier molecular flexibility index (Phi) is 3.04. The lowest BCUT2D eigenvalue weighted by molar-refractivity contribution is 0.468. The van der Waals surface area contributed by atoms with Crippen LogP contribution in [0.1, 0.15) is 5.56 Å². The molecule has 0 atom stereocenters. The number of benzene rings is 1. The lowest BCUT2D eigenvalue weighted by atomic mass is 10.2. The number of imidazole rings is 1. The molecule has 0 fully saturated rings. The van der Waals surface area contributed by atoms with Gasteiger partial charge < -0.3 is 15.4 Å². The van der Waals surface area contributed by atoms with Crippen LogP contribution in [0.15, 0.2) is 35.3 Å². The standard InChI is InChI=1S/C12H10BrN5O/c13-8-2-1-7(9(19)3-8)4-14-11-10-12(16-5-15-10)18-6-17-11/h1-3,5-6,19H,4H2,(H2,14,15,16,17,18). The van der Waals surface area contributed by atoms with Gasteiger partial charge in [0.1, 0.15) is 17.6 Å². The highest BCUT2D eigenvalue weighted by Crippen LogP contribution is 2.23. The van der Waals surface area contributed by atoms with Crippen LogP contribution in [0.2, 0.25) is 0 Å². The van der Waals surface area contributed by atoms with E-state index in [1.165, 1.54) is 6.33 Å². The number of fused-ring (bicyclic) bond motifs is 1. The predicted molar refractivity (Wildman–Crippen MR) is 74.8 cm³/mol. The van der Waals surface area contributed by atoms with Crippen LogP contribution in [0.25, 0.3) is 11.2 Å². The maximum absolute atomic E-state index is 9.82. The number of hydrogen-bond donors (Lipinski definition) is 3. The number of phenols is 1. The number of aromatic hydroxyl groups is 1. The smallest absolute Gasteiger partial charge is 0.162 e. The zero-order valence-electron chi connectivity index (χ0n) is 9.76. The van der Waals surface area contributed by atoms with Crippen molar-refractivity contribution in [3.8, 4) is 5.75 Å². The summed E-state index contributed by atoms with van der Waals surface area (Å²) < 4.78 is 0.838. The van der Waals surface area contributed by atoms with Crippen molar-refractivity contribution in [1.82, 2.24) is 19.9 Å². The predicted octanol–water partition coefficient (Wildman–Crippen LogP) is 2.43. The Morgan fingerprint density at radius 1 is 1.26 bits per heavy atom. The summed E-state index contributed by atoms with van der Waals surface area (Å²) in [5.74, 6) is 0.864. The number of phenolic OH excluding ortho intramolecular Hbond substituents is 1. The van der Waals surface area contributed by atoms with E-state index in [2.05, 4.69) is 41.2 Å². The molecule has 0 bridgehead atoms. The Morgan fingerprint density at radius 3 is 3.00 bits per heavy atom. The van der Waals surface area contributed by atoms with Crippen LogP contribution in [0.3, 0.4) is 0 Å². The molecular weight excluding hydrogens is 310 g/mol. The summed E-state index contributed by atoms with van der Waals surface area (Å²) in [6, 6.07) is 5.37. The third-order valence-electron chi connectivity index (χ3n) is 2.71. The lowest BCUT2D eigenvalue weighted by Gasteiger charge is -2.07. The normalized spacial score (nSPS) is 10.8. The molecular formula is C12H10BrN5O. The van der Waals surface area contributed by atoms with Crippen molar-refractivity contribution >= 4 is 32.9 Å². The summed E-state index contributed by atoms with van der Waals surface area (Å²) in [6.07, 6.45) is 3.03. The van der Waals surface area contributed by atoms with Crippen LogP contribution in [0.5, 0.6) is 5.75 Å². The van der Waals surface area contributed by atoms with Crippen LogP contribution in [-0.2, 0) is 6.54 Å². The Morgan fingerprint density at radius 2 is 2.16 bits per heavy atom. The van der Waals surface area contributed by atoms with Gasteiger partial charge in [-0.05, 0) is 12.1 Å². The van der Waals surface area contributed by atoms with Crippen LogP contribution in [-0.4, -0.2) is 25.0 Å². The fourth-order valence-corrected chi connectivity index (χ4v) is 2.11. The molecule has 6 nitrogen and oxygen atoms in total. The molecule has 3 N–H and O–H groups in total. The quantitative estimate of drug-likeness (QED) is 0.690. The molecule has 3 aromatic rings. The molecule has 2 aromatic heterocycles. The molecule has 0 spiro atoms. The topological polar surface area (TPSA) is 86.7 Å². The number of halogens is 1. The first kappa shape index (κ1) is 11.9. The highest BCUT2D eigenvalue weighted by molar-refractivity contribution is 9.10. The second-order valence-corrected chi connectivity index (χ2v) is 4.86. The number of aromatic amines is 1. The molecule has 1 aromatic carbocycles. The summed E-state index contributed by atoms with van der Waals surface area (Å²) in [7, 11) is 0. The third-order valence-corrected chi connectivity index (χ3v) is 3.20. The maximum atomic E-state index is 9.82. The van der Waals surface area contributed by atoms with Gasteiger partial charge in [-0.25, -0.2) is 15.0 Å². The average Bonchev–Trinajstić information content (AvgIpc) is 2.86. The van der Waals surface area contributed by atoms with Crippen molar-refractivity contribution in [3.05, 3.63) is 40.9 Å². The van der Waals surface area contributed by atoms with Gasteiger partial charge >= 0.3 is 0 Å². The minimum absolute atomic E-state index is 0.231. The molecule has 3 rings (SSSR count). The summed E-state index contributed by atoms with van der Waals surface area (Å²) in [4.78, 5) is 15.3. The number of aromatic nitrogens is 4. The van der Waals surface area contributed by atoms with Gasteiger partial charge in [0, 0.05) is 16.6 Å². The largest absolute Gasteiger partial charge is 0.508 e. The van der Waals surface area contributed by atoms with E-state index in [1.807, 2.05) is 12.1 Å². The van der Waals surface area contributed by atoms with Gasteiger partial charge in [0.15, 0.2) is 11.5 Å². The first-order valence-corrected chi connectivity index (χ1v) is 6.38. The Hall–Kier alpha value is -2.15. The minimum Gasteiger partial charge on any atom is -0.508 e. The fraction of sp³-hybridized carbons (Fsp3) is 0.0833. The number of H-pyrrole nitrogens is 1. The first-order valence-electron chi connectivity index (χ1n) is 5.59. The fourth-order valence-electron chi connectivity index (χ4n) is 1.76. The van der Waals surface area contributed by atoms with Gasteiger partial charge in [-0.3, -0.25) is 0 Å². The highest BCUT2D eigenvalue weighted by Gasteiger charge is 2.07. The highest BCUT2D eigenvalue weighted by atomic mass is 79.9. The van der Waals surface area contributed by atoms with E-state index in [1.54, 1.807) is 12.4 Å². The molecule has 0 radical (unpaired) electrons. The molecule has 0 saturated heterocycles. The van der Waals surface area contributed by atoms with Gasteiger partial charge in [-0.1, -0.05) is 22.0 Å². The molecule has 96 valence electrons. The molecule has 0 aliphatic rings. The van der Waals surface area contributed by atoms with Crippen molar-refractivity contribution in [2.24, 2.45) is 0 Å². The van der Waals surface area contributed by atoms with E-state index in [4.69, 9.17) is 0 Å². The van der Waals surface area contributed by atoms with E-state index in [0.29, 0.717) is 23.5 Å². The van der Waals surface area contributed by atoms with Crippen molar-refractivity contribution in [2.45, 2.75) is 6.54 Å². The minimum atomic E-state index is 0.231. The van der Waals surface area contributed by atoms with Gasteiger partial charge in [0.25, 0.3) is 0 Å². The molecule has 0 aliphatic heterocycles. The second-order valence-electron chi connectivity index (χ2n) is 3.95. The molecule has 0 amide bonds. The number of nitrogens with zero attached hydrogens (tertiary/aromatic N) is 3. The molecule has 0 unspecified atom stereocenters. The second kappa shape index (κ2) is 4.85. The van der Waals surface area contributed by atoms with Crippen LogP contribution in [0, 0.1) is 0 Å². The van der Waals surface area contributed by atoms with E-state index < -0.39 is 0 Å². The summed E-state index contributed by atoms with van der Waals surface area (Å²) in [5.41, 5.74) is 2.14. The van der Waals surface area contributed by atoms with Crippen molar-refractivity contribution in [2.75, 3.05) is 5.32 Å². The van der Waals surface area contributed by atoms with E-state index in [0.717, 1.165) is 10.0 Å². The monoisotopic (exact) mass is 319 g/mol. The van der Waals surface area contributed by atoms with E-state index in [9.17, 15) is 5.11 Å². The SMILES string of the molecule is Oc1cc(Br)ccc1CNc1ncnc2[nH]cnc12. The molecule has 2 heterocycles. The van der Waals surface area contributed by atoms with Crippen molar-refractivity contribution in [1.29, 1.82) is 0 Å². The first-order chi connectivity index (χ1) is 9.24. The molecule has 0 aliphatic carbocycles. The molecule has 7 heteroatoms. The van der Waals surface area contributed by atoms with Gasteiger partial charge in [0.05, 0.1) is 6.33 Å². The number of nitrogens with one attached hydrogen (secondary N) is 2. The summed E-state index contributed by atoms with van der Waals surface area (Å²) in [6.45, 7) is 0.456. The summed E-state index contributed by atoms with van der Waals surface area (Å²) >= 11 is 3.30. The zero-order chi connectivity index (χ0) is 13.2. The van der Waals surface area contributed by atoms with Gasteiger partial charge in [0.2, 0.25) is 0 Å². The average molecular weight is 320 g/mol. The Labute approximate surface area is 117 Å². The number of rotatable bonds is 3. The van der Waals surface area contributed by atoms with Crippen molar-refractivity contribution in [3.63, 3.8) is 0 Å².